The SMILES string of the molecule is CCOc1cc(C(=O)Nc2ccc(F)c(C#N)c2)cc(OCC)c1OCC. The maximum Gasteiger partial charge on any atom is 0.255 e. The molecule has 0 aliphatic carbocycles. The molecule has 27 heavy (non-hydrogen) atoms. The van der Waals surface area contributed by atoms with Gasteiger partial charge in [0, 0.05) is 11.3 Å². The predicted molar refractivity (Wildman–Crippen MR) is 99.0 cm³/mol. The maximum absolute atomic E-state index is 13.4. The number of rotatable bonds is 8. The van der Waals surface area contributed by atoms with Gasteiger partial charge in [-0.1, -0.05) is 0 Å². The van der Waals surface area contributed by atoms with E-state index >= 15 is 0 Å². The third-order valence-corrected chi connectivity index (χ3v) is 3.52. The number of carbonyl (C=O) groups excluding carboxylic acids is 1. The number of ether oxygens (including phenoxy) is 3. The van der Waals surface area contributed by atoms with E-state index in [1.807, 2.05) is 20.8 Å². The number of hydrogen-bond acceptors (Lipinski definition) is 5. The monoisotopic (exact) mass is 372 g/mol. The number of halogens is 1. The average molecular weight is 372 g/mol. The van der Waals surface area contributed by atoms with Crippen molar-refractivity contribution in [3.05, 3.63) is 47.3 Å². The third kappa shape index (κ3) is 4.88. The van der Waals surface area contributed by atoms with E-state index in [1.165, 1.54) is 12.1 Å². The van der Waals surface area contributed by atoms with Crippen molar-refractivity contribution in [1.29, 1.82) is 5.26 Å². The van der Waals surface area contributed by atoms with Gasteiger partial charge in [0.25, 0.3) is 5.91 Å². The van der Waals surface area contributed by atoms with Crippen molar-refractivity contribution in [2.24, 2.45) is 0 Å². The Labute approximate surface area is 157 Å². The molecular weight excluding hydrogens is 351 g/mol. The molecule has 0 fully saturated rings. The standard InChI is InChI=1S/C20H21FN2O4/c1-4-25-17-10-13(11-18(26-5-2)19(17)27-6-3)20(24)23-15-7-8-16(21)14(9-15)12-22/h7-11H,4-6H2,1-3H3,(H,23,24). The van der Waals surface area contributed by atoms with Gasteiger partial charge in [0.2, 0.25) is 5.75 Å². The summed E-state index contributed by atoms with van der Waals surface area (Å²) in [6.45, 7) is 6.68. The number of anilines is 1. The molecule has 0 aromatic heterocycles. The quantitative estimate of drug-likeness (QED) is 0.753. The van der Waals surface area contributed by atoms with Crippen molar-refractivity contribution in [2.75, 3.05) is 25.1 Å². The van der Waals surface area contributed by atoms with Gasteiger partial charge < -0.3 is 19.5 Å². The summed E-state index contributed by atoms with van der Waals surface area (Å²) in [5, 5.41) is 11.6. The van der Waals surface area contributed by atoms with Crippen LogP contribution in [-0.2, 0) is 0 Å². The molecule has 0 heterocycles. The molecule has 2 rings (SSSR count). The van der Waals surface area contributed by atoms with Gasteiger partial charge in [-0.05, 0) is 51.1 Å². The second-order valence-corrected chi connectivity index (χ2v) is 5.36. The van der Waals surface area contributed by atoms with Gasteiger partial charge in [0.1, 0.15) is 11.9 Å². The minimum atomic E-state index is -0.645. The van der Waals surface area contributed by atoms with Gasteiger partial charge in [-0.3, -0.25) is 4.79 Å². The van der Waals surface area contributed by atoms with Crippen molar-refractivity contribution in [3.8, 4) is 23.3 Å². The summed E-state index contributed by atoms with van der Waals surface area (Å²) in [5.74, 6) is 0.134. The van der Waals surface area contributed by atoms with E-state index in [9.17, 15) is 9.18 Å². The van der Waals surface area contributed by atoms with E-state index in [2.05, 4.69) is 5.32 Å². The first-order valence-electron chi connectivity index (χ1n) is 8.61. The molecule has 0 bridgehead atoms. The number of amides is 1. The molecule has 2 aromatic carbocycles. The van der Waals surface area contributed by atoms with Crippen LogP contribution < -0.4 is 19.5 Å². The van der Waals surface area contributed by atoms with E-state index in [1.54, 1.807) is 18.2 Å². The van der Waals surface area contributed by atoms with Gasteiger partial charge >= 0.3 is 0 Å². The maximum atomic E-state index is 13.4. The van der Waals surface area contributed by atoms with Gasteiger partial charge in [-0.2, -0.15) is 5.26 Å². The molecule has 1 amide bonds. The summed E-state index contributed by atoms with van der Waals surface area (Å²) < 4.78 is 30.2. The minimum Gasteiger partial charge on any atom is -0.490 e. The van der Waals surface area contributed by atoms with Crippen LogP contribution in [0, 0.1) is 17.1 Å². The van der Waals surface area contributed by atoms with E-state index in [4.69, 9.17) is 19.5 Å². The summed E-state index contributed by atoms with van der Waals surface area (Å²) in [6, 6.07) is 8.64. The Kier molecular flexibility index (Phi) is 7.00. The zero-order valence-corrected chi connectivity index (χ0v) is 15.5. The molecule has 0 saturated heterocycles. The summed E-state index contributed by atoms with van der Waals surface area (Å²) in [4.78, 5) is 12.6. The van der Waals surface area contributed by atoms with Gasteiger partial charge in [0.15, 0.2) is 11.5 Å². The highest BCUT2D eigenvalue weighted by Crippen LogP contribution is 2.39. The molecule has 0 atom stereocenters. The minimum absolute atomic E-state index is 0.149. The van der Waals surface area contributed by atoms with Crippen LogP contribution in [0.4, 0.5) is 10.1 Å². The summed E-state index contributed by atoms with van der Waals surface area (Å²) in [6.07, 6.45) is 0. The van der Waals surface area contributed by atoms with Crippen molar-refractivity contribution in [1.82, 2.24) is 0 Å². The van der Waals surface area contributed by atoms with Crippen LogP contribution >= 0.6 is 0 Å². The molecule has 1 N–H and O–H groups in total. The lowest BCUT2D eigenvalue weighted by molar-refractivity contribution is 0.102. The molecule has 0 unspecified atom stereocenters. The highest BCUT2D eigenvalue weighted by atomic mass is 19.1. The van der Waals surface area contributed by atoms with Crippen molar-refractivity contribution in [2.45, 2.75) is 20.8 Å². The van der Waals surface area contributed by atoms with Crippen molar-refractivity contribution < 1.29 is 23.4 Å². The van der Waals surface area contributed by atoms with Crippen LogP contribution in [0.5, 0.6) is 17.2 Å². The fraction of sp³-hybridized carbons (Fsp3) is 0.300. The molecule has 142 valence electrons. The van der Waals surface area contributed by atoms with Gasteiger partial charge in [-0.25, -0.2) is 4.39 Å². The number of nitrogens with zero attached hydrogens (tertiary/aromatic N) is 1. The summed E-state index contributed by atoms with van der Waals surface area (Å²) in [5.41, 5.74) is 0.445. The lowest BCUT2D eigenvalue weighted by atomic mass is 10.1. The zero-order chi connectivity index (χ0) is 19.8. The van der Waals surface area contributed by atoms with E-state index in [0.29, 0.717) is 42.8 Å². The van der Waals surface area contributed by atoms with E-state index < -0.39 is 11.7 Å². The fourth-order valence-electron chi connectivity index (χ4n) is 2.41. The second-order valence-electron chi connectivity index (χ2n) is 5.36. The molecule has 0 aliphatic heterocycles. The first-order chi connectivity index (χ1) is 13.0. The van der Waals surface area contributed by atoms with Crippen molar-refractivity contribution >= 4 is 11.6 Å². The molecule has 0 spiro atoms. The Hall–Kier alpha value is -3.27. The fourth-order valence-corrected chi connectivity index (χ4v) is 2.41. The van der Waals surface area contributed by atoms with Crippen LogP contribution in [0.1, 0.15) is 36.7 Å². The first kappa shape index (κ1) is 20.0. The summed E-state index contributed by atoms with van der Waals surface area (Å²) >= 11 is 0. The van der Waals surface area contributed by atoms with Gasteiger partial charge in [-0.15, -0.1) is 0 Å². The normalized spacial score (nSPS) is 10.0. The highest BCUT2D eigenvalue weighted by Gasteiger charge is 2.18. The molecule has 0 saturated carbocycles. The van der Waals surface area contributed by atoms with E-state index in [-0.39, 0.29) is 11.1 Å². The molecule has 6 nitrogen and oxygen atoms in total. The lowest BCUT2D eigenvalue weighted by Crippen LogP contribution is -2.13. The van der Waals surface area contributed by atoms with Crippen LogP contribution in [-0.4, -0.2) is 25.7 Å². The predicted octanol–water partition coefficient (Wildman–Crippen LogP) is 4.15. The smallest absolute Gasteiger partial charge is 0.255 e. The van der Waals surface area contributed by atoms with Crippen LogP contribution in [0.25, 0.3) is 0 Å². The average Bonchev–Trinajstić information content (AvgIpc) is 2.66. The molecular formula is C20H21FN2O4. The van der Waals surface area contributed by atoms with Gasteiger partial charge in [0.05, 0.1) is 25.4 Å². The number of benzene rings is 2. The van der Waals surface area contributed by atoms with Crippen molar-refractivity contribution in [3.63, 3.8) is 0 Å². The Morgan fingerprint density at radius 2 is 1.63 bits per heavy atom. The highest BCUT2D eigenvalue weighted by molar-refractivity contribution is 6.05. The Bertz CT molecular complexity index is 835. The lowest BCUT2D eigenvalue weighted by Gasteiger charge is -2.17. The van der Waals surface area contributed by atoms with E-state index in [0.717, 1.165) is 6.07 Å². The van der Waals surface area contributed by atoms with Crippen LogP contribution in [0.15, 0.2) is 30.3 Å². The third-order valence-electron chi connectivity index (χ3n) is 3.52. The zero-order valence-electron chi connectivity index (χ0n) is 15.5. The largest absolute Gasteiger partial charge is 0.490 e. The summed E-state index contributed by atoms with van der Waals surface area (Å²) in [7, 11) is 0. The number of nitriles is 1. The molecule has 7 heteroatoms. The first-order valence-corrected chi connectivity index (χ1v) is 8.61. The topological polar surface area (TPSA) is 80.6 Å². The molecule has 0 aliphatic rings. The van der Waals surface area contributed by atoms with Crippen LogP contribution in [0.3, 0.4) is 0 Å². The Balaban J connectivity index is 2.38. The second kappa shape index (κ2) is 9.43. The Morgan fingerprint density at radius 1 is 1.04 bits per heavy atom. The molecule has 2 aromatic rings. The Morgan fingerprint density at radius 3 is 2.15 bits per heavy atom. The van der Waals surface area contributed by atoms with Crippen LogP contribution in [0.2, 0.25) is 0 Å². The number of carbonyl (C=O) groups is 1. The number of hydrogen-bond donors (Lipinski definition) is 1. The molecule has 0 radical (unpaired) electrons. The number of nitrogens with one attached hydrogen (secondary N) is 1.